The number of aromatic nitrogens is 1. The predicted molar refractivity (Wildman–Crippen MR) is 111 cm³/mol. The van der Waals surface area contributed by atoms with Gasteiger partial charge in [0, 0.05) is 17.3 Å². The molecule has 6 heteroatoms. The molecule has 0 radical (unpaired) electrons. The van der Waals surface area contributed by atoms with Crippen LogP contribution >= 0.6 is 0 Å². The van der Waals surface area contributed by atoms with Crippen LogP contribution in [0.1, 0.15) is 17.0 Å². The highest BCUT2D eigenvalue weighted by Crippen LogP contribution is 2.42. The molecular weight excluding hydrogens is 368 g/mol. The number of fused-ring (bicyclic) bond motifs is 1. The molecule has 0 saturated carbocycles. The minimum absolute atomic E-state index is 0.0293. The van der Waals surface area contributed by atoms with Gasteiger partial charge in [-0.15, -0.1) is 0 Å². The van der Waals surface area contributed by atoms with Gasteiger partial charge < -0.3 is 19.5 Å². The van der Waals surface area contributed by atoms with E-state index in [1.165, 1.54) is 0 Å². The first-order valence-corrected chi connectivity index (χ1v) is 9.29. The maximum Gasteiger partial charge on any atom is 0.233 e. The Bertz CT molecular complexity index is 1020. The van der Waals surface area contributed by atoms with Gasteiger partial charge in [0.1, 0.15) is 5.82 Å². The Morgan fingerprint density at radius 1 is 0.931 bits per heavy atom. The third-order valence-corrected chi connectivity index (χ3v) is 5.13. The van der Waals surface area contributed by atoms with Crippen molar-refractivity contribution in [1.29, 1.82) is 0 Å². The molecule has 0 fully saturated rings. The van der Waals surface area contributed by atoms with Gasteiger partial charge in [-0.2, -0.15) is 0 Å². The normalized spacial score (nSPS) is 14.9. The number of pyridine rings is 1. The summed E-state index contributed by atoms with van der Waals surface area (Å²) in [5, 5.41) is 2.89. The number of carbonyl (C=O) groups is 1. The summed E-state index contributed by atoms with van der Waals surface area (Å²) in [5.41, 5.74) is 3.74. The monoisotopic (exact) mass is 390 g/mol. The molecule has 3 aromatic rings. The number of nitrogens with one attached hydrogen (secondary N) is 1. The summed E-state index contributed by atoms with van der Waals surface area (Å²) in [6, 6.07) is 15.7. The molecule has 1 aromatic heterocycles. The highest BCUT2D eigenvalue weighted by atomic mass is 16.5. The molecule has 0 bridgehead atoms. The molecule has 1 amide bonds. The highest BCUT2D eigenvalue weighted by molar-refractivity contribution is 6.02. The van der Waals surface area contributed by atoms with E-state index in [1.807, 2.05) is 48.5 Å². The fourth-order valence-corrected chi connectivity index (χ4v) is 3.65. The number of nitrogens with zero attached hydrogens (tertiary/aromatic N) is 1. The summed E-state index contributed by atoms with van der Waals surface area (Å²) in [7, 11) is 4.74. The number of hydrogen-bond acceptors (Lipinski definition) is 5. The van der Waals surface area contributed by atoms with Crippen LogP contribution in [0.5, 0.6) is 17.2 Å². The summed E-state index contributed by atoms with van der Waals surface area (Å²) in [5.74, 6) is 1.98. The second-order valence-corrected chi connectivity index (χ2v) is 6.81. The topological polar surface area (TPSA) is 69.7 Å². The van der Waals surface area contributed by atoms with E-state index in [4.69, 9.17) is 14.2 Å². The van der Waals surface area contributed by atoms with Gasteiger partial charge in [-0.1, -0.05) is 30.3 Å². The highest BCUT2D eigenvalue weighted by Gasteiger charge is 2.32. The van der Waals surface area contributed by atoms with E-state index in [9.17, 15) is 4.79 Å². The molecule has 1 aliphatic rings. The minimum atomic E-state index is -0.276. The number of benzene rings is 2. The maximum atomic E-state index is 12.6. The van der Waals surface area contributed by atoms with Gasteiger partial charge in [-0.3, -0.25) is 4.79 Å². The molecule has 1 atom stereocenters. The van der Waals surface area contributed by atoms with Crippen molar-refractivity contribution in [1.82, 2.24) is 4.98 Å². The van der Waals surface area contributed by atoms with Crippen molar-refractivity contribution in [2.24, 2.45) is 0 Å². The van der Waals surface area contributed by atoms with Gasteiger partial charge in [-0.25, -0.2) is 4.98 Å². The molecular formula is C23H22N2O4. The lowest BCUT2D eigenvalue weighted by Gasteiger charge is -2.15. The molecule has 0 spiro atoms. The van der Waals surface area contributed by atoms with Crippen LogP contribution in [0.15, 0.2) is 54.7 Å². The van der Waals surface area contributed by atoms with Crippen LogP contribution in [0, 0.1) is 0 Å². The Morgan fingerprint density at radius 2 is 1.62 bits per heavy atom. The van der Waals surface area contributed by atoms with Crippen molar-refractivity contribution in [3.8, 4) is 28.4 Å². The van der Waals surface area contributed by atoms with Crippen LogP contribution in [0.3, 0.4) is 0 Å². The summed E-state index contributed by atoms with van der Waals surface area (Å²) in [6.45, 7) is 0. The summed E-state index contributed by atoms with van der Waals surface area (Å²) in [6.07, 6.45) is 2.37. The van der Waals surface area contributed by atoms with Crippen LogP contribution in [0.2, 0.25) is 0 Å². The average Bonchev–Trinajstić information content (AvgIpc) is 3.07. The molecule has 0 saturated heterocycles. The molecule has 1 aliphatic heterocycles. The summed E-state index contributed by atoms with van der Waals surface area (Å²) in [4.78, 5) is 17.0. The van der Waals surface area contributed by atoms with Gasteiger partial charge in [0.15, 0.2) is 11.5 Å². The Hall–Kier alpha value is -3.54. The van der Waals surface area contributed by atoms with Crippen molar-refractivity contribution < 1.29 is 19.0 Å². The molecule has 2 heterocycles. The first kappa shape index (κ1) is 18.8. The van der Waals surface area contributed by atoms with Crippen molar-refractivity contribution >= 4 is 11.7 Å². The van der Waals surface area contributed by atoms with Crippen molar-refractivity contribution in [2.45, 2.75) is 12.3 Å². The van der Waals surface area contributed by atoms with Gasteiger partial charge in [0.05, 0.1) is 27.2 Å². The van der Waals surface area contributed by atoms with Gasteiger partial charge in [-0.05, 0) is 35.7 Å². The molecule has 2 aromatic carbocycles. The fourth-order valence-electron chi connectivity index (χ4n) is 3.65. The molecule has 1 unspecified atom stereocenters. The number of hydrogen-bond donors (Lipinski definition) is 1. The van der Waals surface area contributed by atoms with Gasteiger partial charge in [0.2, 0.25) is 11.7 Å². The lowest BCUT2D eigenvalue weighted by Crippen LogP contribution is -2.14. The molecule has 6 nitrogen and oxygen atoms in total. The van der Waals surface area contributed by atoms with E-state index in [1.54, 1.807) is 27.5 Å². The minimum Gasteiger partial charge on any atom is -0.493 e. The first-order chi connectivity index (χ1) is 14.1. The van der Waals surface area contributed by atoms with Crippen LogP contribution in [0.25, 0.3) is 11.1 Å². The Labute approximate surface area is 169 Å². The third-order valence-electron chi connectivity index (χ3n) is 5.13. The lowest BCUT2D eigenvalue weighted by molar-refractivity contribution is -0.117. The molecule has 4 rings (SSSR count). The fraction of sp³-hybridized carbons (Fsp3) is 0.217. The third kappa shape index (κ3) is 3.49. The van der Waals surface area contributed by atoms with E-state index in [-0.39, 0.29) is 11.8 Å². The van der Waals surface area contributed by atoms with Crippen LogP contribution in [-0.4, -0.2) is 32.2 Å². The van der Waals surface area contributed by atoms with E-state index in [2.05, 4.69) is 10.3 Å². The summed E-state index contributed by atoms with van der Waals surface area (Å²) >= 11 is 0. The van der Waals surface area contributed by atoms with E-state index >= 15 is 0 Å². The molecule has 148 valence electrons. The maximum absolute atomic E-state index is 12.6. The van der Waals surface area contributed by atoms with Gasteiger partial charge in [0.25, 0.3) is 0 Å². The van der Waals surface area contributed by atoms with Crippen LogP contribution in [-0.2, 0) is 11.2 Å². The average molecular weight is 390 g/mol. The second kappa shape index (κ2) is 7.83. The summed E-state index contributed by atoms with van der Waals surface area (Å²) < 4.78 is 16.3. The standard InChI is InChI=1S/C23H22N2O4/c1-27-19-11-15(12-20(28-2)21(19)29-3)16-10-17-18(9-14-7-5-4-6-8-14)23(26)25-22(17)24-13-16/h4-8,10-13,18H,9H2,1-3H3,(H,24,25,26). The van der Waals surface area contributed by atoms with Gasteiger partial charge >= 0.3 is 0 Å². The zero-order chi connectivity index (χ0) is 20.4. The zero-order valence-electron chi connectivity index (χ0n) is 16.6. The lowest BCUT2D eigenvalue weighted by atomic mass is 9.92. The zero-order valence-corrected chi connectivity index (χ0v) is 16.6. The quantitative estimate of drug-likeness (QED) is 0.688. The van der Waals surface area contributed by atoms with Crippen molar-refractivity contribution in [3.63, 3.8) is 0 Å². The predicted octanol–water partition coefficient (Wildman–Crippen LogP) is 4.05. The Balaban J connectivity index is 1.74. The Kier molecular flexibility index (Phi) is 5.08. The number of methoxy groups -OCH3 is 3. The van der Waals surface area contributed by atoms with Crippen LogP contribution in [0.4, 0.5) is 5.82 Å². The van der Waals surface area contributed by atoms with Crippen molar-refractivity contribution in [2.75, 3.05) is 26.6 Å². The number of ether oxygens (including phenoxy) is 3. The SMILES string of the molecule is COc1cc(-c2cnc3c(c2)C(Cc2ccccc2)C(=O)N3)cc(OC)c1OC. The molecule has 1 N–H and O–H groups in total. The van der Waals surface area contributed by atoms with E-state index in [0.29, 0.717) is 29.5 Å². The number of amides is 1. The number of carbonyl (C=O) groups excluding carboxylic acids is 1. The first-order valence-electron chi connectivity index (χ1n) is 9.29. The van der Waals surface area contributed by atoms with E-state index < -0.39 is 0 Å². The largest absolute Gasteiger partial charge is 0.493 e. The van der Waals surface area contributed by atoms with Crippen LogP contribution < -0.4 is 19.5 Å². The van der Waals surface area contributed by atoms with E-state index in [0.717, 1.165) is 22.3 Å². The number of anilines is 1. The number of rotatable bonds is 6. The van der Waals surface area contributed by atoms with Crippen molar-refractivity contribution in [3.05, 3.63) is 65.9 Å². The Morgan fingerprint density at radius 3 is 2.24 bits per heavy atom. The smallest absolute Gasteiger partial charge is 0.233 e. The molecule has 29 heavy (non-hydrogen) atoms. The molecule has 0 aliphatic carbocycles. The second-order valence-electron chi connectivity index (χ2n) is 6.81.